The average molecular weight is 249 g/mol. The van der Waals surface area contributed by atoms with Gasteiger partial charge in [-0.2, -0.15) is 0 Å². The van der Waals surface area contributed by atoms with E-state index in [4.69, 9.17) is 0 Å². The zero-order chi connectivity index (χ0) is 9.71. The molecule has 3 rings (SSSR count). The summed E-state index contributed by atoms with van der Waals surface area (Å²) in [5.41, 5.74) is 2.31. The molecule has 1 nitrogen and oxygen atoms in total. The Balaban J connectivity index is 2.53. The van der Waals surface area contributed by atoms with Crippen molar-refractivity contribution >= 4 is 26.7 Å². The first-order valence-corrected chi connectivity index (χ1v) is 5.45. The maximum atomic E-state index is 9.92. The lowest BCUT2D eigenvalue weighted by atomic mass is 10.1. The number of rotatable bonds is 0. The van der Waals surface area contributed by atoms with Crippen LogP contribution in [0.5, 0.6) is 0 Å². The summed E-state index contributed by atoms with van der Waals surface area (Å²) in [5.74, 6) is 0. The molecule has 2 aromatic carbocycles. The van der Waals surface area contributed by atoms with Gasteiger partial charge in [0.15, 0.2) is 0 Å². The number of hydrogen-bond donors (Lipinski definition) is 1. The second-order valence-electron chi connectivity index (χ2n) is 3.70. The quantitative estimate of drug-likeness (QED) is 0.760. The van der Waals surface area contributed by atoms with Gasteiger partial charge in [-0.25, -0.2) is 0 Å². The fraction of sp³-hybridized carbons (Fsp3) is 0.167. The first-order valence-electron chi connectivity index (χ1n) is 4.65. The van der Waals surface area contributed by atoms with E-state index in [1.807, 2.05) is 12.1 Å². The predicted octanol–water partition coefficient (Wildman–Crippen LogP) is 3.19. The molecule has 0 bridgehead atoms. The zero-order valence-corrected chi connectivity index (χ0v) is 9.08. The summed E-state index contributed by atoms with van der Waals surface area (Å²) in [6, 6.07) is 10.3. The van der Waals surface area contributed by atoms with Crippen molar-refractivity contribution in [2.75, 3.05) is 0 Å². The van der Waals surface area contributed by atoms with Gasteiger partial charge in [0, 0.05) is 16.5 Å². The van der Waals surface area contributed by atoms with E-state index in [2.05, 4.69) is 34.1 Å². The van der Waals surface area contributed by atoms with Gasteiger partial charge in [0.1, 0.15) is 0 Å². The van der Waals surface area contributed by atoms with E-state index in [-0.39, 0.29) is 6.10 Å². The smallest absolute Gasteiger partial charge is 0.0847 e. The Morgan fingerprint density at radius 2 is 2.07 bits per heavy atom. The Morgan fingerprint density at radius 1 is 1.21 bits per heavy atom. The normalized spacial score (nSPS) is 19.1. The highest BCUT2D eigenvalue weighted by atomic mass is 79.9. The highest BCUT2D eigenvalue weighted by Crippen LogP contribution is 2.40. The van der Waals surface area contributed by atoms with E-state index < -0.39 is 0 Å². The number of halogens is 1. The largest absolute Gasteiger partial charge is 0.388 e. The standard InChI is InChI=1S/C12H9BrO/c13-9-5-4-7-2-1-3-8-6-10(14)12(9)11(7)8/h1-5,10,14H,6H2. The number of benzene rings is 2. The van der Waals surface area contributed by atoms with Gasteiger partial charge < -0.3 is 5.11 Å². The van der Waals surface area contributed by atoms with Crippen LogP contribution in [0.4, 0.5) is 0 Å². The van der Waals surface area contributed by atoms with Crippen LogP contribution >= 0.6 is 15.9 Å². The first kappa shape index (κ1) is 8.45. The van der Waals surface area contributed by atoms with E-state index in [9.17, 15) is 5.11 Å². The molecule has 0 amide bonds. The fourth-order valence-corrected chi connectivity index (χ4v) is 2.86. The van der Waals surface area contributed by atoms with E-state index in [1.54, 1.807) is 0 Å². The molecule has 0 radical (unpaired) electrons. The average Bonchev–Trinajstić information content (AvgIpc) is 2.51. The molecule has 0 fully saturated rings. The molecule has 0 saturated carbocycles. The summed E-state index contributed by atoms with van der Waals surface area (Å²) in [4.78, 5) is 0. The molecule has 14 heavy (non-hydrogen) atoms. The molecule has 0 heterocycles. The molecule has 0 saturated heterocycles. The second kappa shape index (κ2) is 2.81. The van der Waals surface area contributed by atoms with E-state index in [1.165, 1.54) is 16.3 Å². The topological polar surface area (TPSA) is 20.2 Å². The molecule has 2 heteroatoms. The van der Waals surface area contributed by atoms with Gasteiger partial charge in [-0.1, -0.05) is 40.2 Å². The second-order valence-corrected chi connectivity index (χ2v) is 4.55. The molecular formula is C12H9BrO. The summed E-state index contributed by atoms with van der Waals surface area (Å²) in [5, 5.41) is 12.4. The van der Waals surface area contributed by atoms with Crippen LogP contribution in [0.3, 0.4) is 0 Å². The molecule has 1 atom stereocenters. The monoisotopic (exact) mass is 248 g/mol. The third-order valence-corrected chi connectivity index (χ3v) is 3.56. The minimum Gasteiger partial charge on any atom is -0.388 e. The van der Waals surface area contributed by atoms with Crippen LogP contribution in [0.25, 0.3) is 10.8 Å². The lowest BCUT2D eigenvalue weighted by Gasteiger charge is -2.06. The van der Waals surface area contributed by atoms with Crippen molar-refractivity contribution in [3.05, 3.63) is 45.9 Å². The molecule has 0 aromatic heterocycles. The van der Waals surface area contributed by atoms with E-state index in [0.717, 1.165) is 16.5 Å². The third-order valence-electron chi connectivity index (χ3n) is 2.87. The van der Waals surface area contributed by atoms with Crippen molar-refractivity contribution in [1.29, 1.82) is 0 Å². The van der Waals surface area contributed by atoms with Gasteiger partial charge in [-0.3, -0.25) is 0 Å². The Labute approximate surface area is 90.5 Å². The molecule has 1 N–H and O–H groups in total. The Hall–Kier alpha value is -0.860. The molecule has 1 unspecified atom stereocenters. The van der Waals surface area contributed by atoms with Gasteiger partial charge in [-0.15, -0.1) is 0 Å². The summed E-state index contributed by atoms with van der Waals surface area (Å²) >= 11 is 3.49. The highest BCUT2D eigenvalue weighted by Gasteiger charge is 2.24. The molecular weight excluding hydrogens is 240 g/mol. The maximum Gasteiger partial charge on any atom is 0.0847 e. The molecule has 1 aliphatic rings. The van der Waals surface area contributed by atoms with Gasteiger partial charge in [0.25, 0.3) is 0 Å². The SMILES string of the molecule is OC1Cc2cccc3ccc(Br)c1c23. The highest BCUT2D eigenvalue weighted by molar-refractivity contribution is 9.10. The fourth-order valence-electron chi connectivity index (χ4n) is 2.27. The summed E-state index contributed by atoms with van der Waals surface area (Å²) < 4.78 is 1.02. The van der Waals surface area contributed by atoms with Gasteiger partial charge in [0.2, 0.25) is 0 Å². The molecule has 0 spiro atoms. The van der Waals surface area contributed by atoms with Crippen LogP contribution in [0.15, 0.2) is 34.8 Å². The van der Waals surface area contributed by atoms with Crippen molar-refractivity contribution in [3.63, 3.8) is 0 Å². The zero-order valence-electron chi connectivity index (χ0n) is 7.50. The van der Waals surface area contributed by atoms with Crippen LogP contribution in [0, 0.1) is 0 Å². The van der Waals surface area contributed by atoms with E-state index >= 15 is 0 Å². The van der Waals surface area contributed by atoms with Crippen LogP contribution < -0.4 is 0 Å². The number of aliphatic hydroxyl groups is 1. The van der Waals surface area contributed by atoms with Gasteiger partial charge in [-0.05, 0) is 22.4 Å². The first-order chi connectivity index (χ1) is 6.77. The summed E-state index contributed by atoms with van der Waals surface area (Å²) in [6.45, 7) is 0. The van der Waals surface area contributed by atoms with Gasteiger partial charge >= 0.3 is 0 Å². The van der Waals surface area contributed by atoms with Crippen LogP contribution in [0.2, 0.25) is 0 Å². The minimum atomic E-state index is -0.342. The van der Waals surface area contributed by atoms with Crippen LogP contribution in [-0.2, 0) is 6.42 Å². The van der Waals surface area contributed by atoms with Crippen molar-refractivity contribution in [3.8, 4) is 0 Å². The Kier molecular flexibility index (Phi) is 1.70. The molecule has 1 aliphatic carbocycles. The van der Waals surface area contributed by atoms with Crippen molar-refractivity contribution in [1.82, 2.24) is 0 Å². The number of aliphatic hydroxyl groups excluding tert-OH is 1. The third kappa shape index (κ3) is 0.983. The lowest BCUT2D eigenvalue weighted by molar-refractivity contribution is 0.185. The predicted molar refractivity (Wildman–Crippen MR) is 60.3 cm³/mol. The summed E-state index contributed by atoms with van der Waals surface area (Å²) in [6.07, 6.45) is 0.403. The van der Waals surface area contributed by atoms with Crippen LogP contribution in [0.1, 0.15) is 17.2 Å². The van der Waals surface area contributed by atoms with Crippen molar-refractivity contribution < 1.29 is 5.11 Å². The maximum absolute atomic E-state index is 9.92. The Bertz CT molecular complexity index is 519. The molecule has 70 valence electrons. The van der Waals surface area contributed by atoms with Crippen LogP contribution in [-0.4, -0.2) is 5.11 Å². The minimum absolute atomic E-state index is 0.342. The summed E-state index contributed by atoms with van der Waals surface area (Å²) in [7, 11) is 0. The molecule has 0 aliphatic heterocycles. The van der Waals surface area contributed by atoms with E-state index in [0.29, 0.717) is 0 Å². The number of hydrogen-bond acceptors (Lipinski definition) is 1. The van der Waals surface area contributed by atoms with Gasteiger partial charge in [0.05, 0.1) is 6.10 Å². The molecule has 2 aromatic rings. The lowest BCUT2D eigenvalue weighted by Crippen LogP contribution is -1.93. The van der Waals surface area contributed by atoms with Crippen molar-refractivity contribution in [2.24, 2.45) is 0 Å². The van der Waals surface area contributed by atoms with Crippen molar-refractivity contribution in [2.45, 2.75) is 12.5 Å². The Morgan fingerprint density at radius 3 is 2.93 bits per heavy atom.